The van der Waals surface area contributed by atoms with Crippen LogP contribution in [0.3, 0.4) is 0 Å². The maximum Gasteiger partial charge on any atom is 0.255 e. The van der Waals surface area contributed by atoms with Gasteiger partial charge in [0.25, 0.3) is 5.91 Å². The van der Waals surface area contributed by atoms with Crippen LogP contribution >= 0.6 is 23.2 Å². The van der Waals surface area contributed by atoms with Crippen molar-refractivity contribution in [3.63, 3.8) is 0 Å². The highest BCUT2D eigenvalue weighted by Crippen LogP contribution is 2.17. The van der Waals surface area contributed by atoms with E-state index >= 15 is 0 Å². The molecule has 0 aliphatic heterocycles. The number of pyridine rings is 1. The Hall–Kier alpha value is -1.72. The summed E-state index contributed by atoms with van der Waals surface area (Å²) in [5.41, 5.74) is 0.126. The molecule has 0 radical (unpaired) electrons. The van der Waals surface area contributed by atoms with Crippen LogP contribution in [0.1, 0.15) is 10.4 Å². The minimum atomic E-state index is -0.791. The van der Waals surface area contributed by atoms with Gasteiger partial charge in [0.1, 0.15) is 21.9 Å². The van der Waals surface area contributed by atoms with E-state index in [0.717, 1.165) is 12.1 Å². The maximum absolute atomic E-state index is 13.0. The first-order valence-electron chi connectivity index (χ1n) is 5.04. The van der Waals surface area contributed by atoms with Gasteiger partial charge in [-0.15, -0.1) is 0 Å². The van der Waals surface area contributed by atoms with E-state index in [1.54, 1.807) is 0 Å². The van der Waals surface area contributed by atoms with Gasteiger partial charge >= 0.3 is 0 Å². The van der Waals surface area contributed by atoms with Crippen molar-refractivity contribution in [3.05, 3.63) is 57.8 Å². The van der Waals surface area contributed by atoms with Crippen LogP contribution in [0.15, 0.2) is 30.3 Å². The summed E-state index contributed by atoms with van der Waals surface area (Å²) in [6.45, 7) is 0. The average Bonchev–Trinajstić information content (AvgIpc) is 2.25. The summed E-state index contributed by atoms with van der Waals surface area (Å²) in [6.07, 6.45) is 0. The number of aromatic nitrogens is 1. The van der Waals surface area contributed by atoms with Gasteiger partial charge in [0, 0.05) is 17.3 Å². The number of carbonyl (C=O) groups is 1. The van der Waals surface area contributed by atoms with Gasteiger partial charge in [0.15, 0.2) is 0 Å². The fourth-order valence-corrected chi connectivity index (χ4v) is 1.89. The van der Waals surface area contributed by atoms with Crippen LogP contribution in [0.2, 0.25) is 10.3 Å². The first-order valence-corrected chi connectivity index (χ1v) is 5.80. The highest BCUT2D eigenvalue weighted by molar-refractivity contribution is 6.33. The molecular formula is C12H6Cl2F2N2O. The van der Waals surface area contributed by atoms with Gasteiger partial charge in [0.2, 0.25) is 0 Å². The normalized spacial score (nSPS) is 10.3. The van der Waals surface area contributed by atoms with Crippen molar-refractivity contribution in [3.8, 4) is 0 Å². The third-order valence-electron chi connectivity index (χ3n) is 2.15. The minimum absolute atomic E-state index is 0.00782. The van der Waals surface area contributed by atoms with E-state index in [1.165, 1.54) is 12.1 Å². The molecule has 0 atom stereocenters. The Morgan fingerprint density at radius 1 is 1.00 bits per heavy atom. The third-order valence-corrected chi connectivity index (χ3v) is 2.53. The molecule has 0 bridgehead atoms. The molecule has 0 aliphatic rings. The van der Waals surface area contributed by atoms with Gasteiger partial charge in [-0.3, -0.25) is 4.79 Å². The van der Waals surface area contributed by atoms with E-state index in [9.17, 15) is 13.6 Å². The second-order valence-corrected chi connectivity index (χ2v) is 4.39. The van der Waals surface area contributed by atoms with E-state index in [4.69, 9.17) is 23.2 Å². The fraction of sp³-hybridized carbons (Fsp3) is 0. The topological polar surface area (TPSA) is 42.0 Å². The van der Waals surface area contributed by atoms with Crippen molar-refractivity contribution in [2.75, 3.05) is 5.32 Å². The second kappa shape index (κ2) is 5.50. The van der Waals surface area contributed by atoms with E-state index in [0.29, 0.717) is 6.07 Å². The summed E-state index contributed by atoms with van der Waals surface area (Å²) in [5.74, 6) is -2.18. The van der Waals surface area contributed by atoms with Gasteiger partial charge in [-0.25, -0.2) is 13.8 Å². The van der Waals surface area contributed by atoms with Crippen molar-refractivity contribution < 1.29 is 13.6 Å². The van der Waals surface area contributed by atoms with Gasteiger partial charge in [-0.2, -0.15) is 0 Å². The Kier molecular flexibility index (Phi) is 3.97. The third kappa shape index (κ3) is 3.62. The predicted octanol–water partition coefficient (Wildman–Crippen LogP) is 3.92. The van der Waals surface area contributed by atoms with Crippen LogP contribution in [0.4, 0.5) is 14.5 Å². The number of halogens is 4. The molecule has 19 heavy (non-hydrogen) atoms. The van der Waals surface area contributed by atoms with Crippen LogP contribution in [0, 0.1) is 11.6 Å². The molecule has 98 valence electrons. The number of benzene rings is 1. The van der Waals surface area contributed by atoms with Gasteiger partial charge < -0.3 is 5.32 Å². The lowest BCUT2D eigenvalue weighted by molar-refractivity contribution is 0.102. The first-order chi connectivity index (χ1) is 8.94. The van der Waals surface area contributed by atoms with Crippen molar-refractivity contribution >= 4 is 34.8 Å². The Bertz CT molecular complexity index is 609. The lowest BCUT2D eigenvalue weighted by atomic mass is 10.2. The predicted molar refractivity (Wildman–Crippen MR) is 68.6 cm³/mol. The molecule has 1 aromatic carbocycles. The summed E-state index contributed by atoms with van der Waals surface area (Å²) in [4.78, 5) is 15.5. The molecule has 7 heteroatoms. The zero-order valence-electron chi connectivity index (χ0n) is 9.25. The van der Waals surface area contributed by atoms with Crippen molar-refractivity contribution in [1.29, 1.82) is 0 Å². The number of rotatable bonds is 2. The van der Waals surface area contributed by atoms with E-state index in [2.05, 4.69) is 10.3 Å². The quantitative estimate of drug-likeness (QED) is 0.854. The molecule has 0 unspecified atom stereocenters. The van der Waals surface area contributed by atoms with E-state index in [-0.39, 0.29) is 21.6 Å². The molecule has 1 heterocycles. The van der Waals surface area contributed by atoms with Gasteiger partial charge in [-0.1, -0.05) is 23.2 Å². The standard InChI is InChI=1S/C12H6Cl2F2N2O/c13-10-1-6(2-11(14)18-10)12(19)17-9-4-7(15)3-8(16)5-9/h1-5H,(H,17,19). The SMILES string of the molecule is O=C(Nc1cc(F)cc(F)c1)c1cc(Cl)nc(Cl)c1. The molecule has 2 rings (SSSR count). The van der Waals surface area contributed by atoms with Crippen LogP contribution in [0.5, 0.6) is 0 Å². The Morgan fingerprint density at radius 3 is 2.05 bits per heavy atom. The van der Waals surface area contributed by atoms with Crippen molar-refractivity contribution in [1.82, 2.24) is 4.98 Å². The van der Waals surface area contributed by atoms with Crippen LogP contribution in [-0.4, -0.2) is 10.9 Å². The number of nitrogens with zero attached hydrogens (tertiary/aromatic N) is 1. The van der Waals surface area contributed by atoms with Crippen LogP contribution in [-0.2, 0) is 0 Å². The summed E-state index contributed by atoms with van der Waals surface area (Å²) in [7, 11) is 0. The van der Waals surface area contributed by atoms with Crippen molar-refractivity contribution in [2.24, 2.45) is 0 Å². The van der Waals surface area contributed by atoms with Crippen LogP contribution in [0.25, 0.3) is 0 Å². The number of amides is 1. The summed E-state index contributed by atoms with van der Waals surface area (Å²) in [6, 6.07) is 5.27. The van der Waals surface area contributed by atoms with E-state index < -0.39 is 17.5 Å². The highest BCUT2D eigenvalue weighted by atomic mass is 35.5. The lowest BCUT2D eigenvalue weighted by Gasteiger charge is -2.06. The lowest BCUT2D eigenvalue weighted by Crippen LogP contribution is -2.12. The first kappa shape index (κ1) is 13.7. The Labute approximate surface area is 117 Å². The summed E-state index contributed by atoms with van der Waals surface area (Å²) >= 11 is 11.3. The Morgan fingerprint density at radius 2 is 1.53 bits per heavy atom. The molecule has 2 aromatic rings. The zero-order chi connectivity index (χ0) is 14.0. The minimum Gasteiger partial charge on any atom is -0.322 e. The smallest absolute Gasteiger partial charge is 0.255 e. The number of nitrogens with one attached hydrogen (secondary N) is 1. The summed E-state index contributed by atoms with van der Waals surface area (Å²) < 4.78 is 25.9. The molecule has 0 spiro atoms. The number of hydrogen-bond acceptors (Lipinski definition) is 2. The summed E-state index contributed by atoms with van der Waals surface area (Å²) in [5, 5.41) is 2.42. The molecule has 0 saturated heterocycles. The molecule has 0 aliphatic carbocycles. The molecule has 0 fully saturated rings. The zero-order valence-corrected chi connectivity index (χ0v) is 10.8. The number of anilines is 1. The maximum atomic E-state index is 13.0. The van der Waals surface area contributed by atoms with Gasteiger partial charge in [-0.05, 0) is 24.3 Å². The molecule has 3 nitrogen and oxygen atoms in total. The molecule has 0 saturated carbocycles. The van der Waals surface area contributed by atoms with Crippen molar-refractivity contribution in [2.45, 2.75) is 0 Å². The molecule has 1 aromatic heterocycles. The molecular weight excluding hydrogens is 297 g/mol. The van der Waals surface area contributed by atoms with E-state index in [1.807, 2.05) is 0 Å². The molecule has 1 N–H and O–H groups in total. The average molecular weight is 303 g/mol. The van der Waals surface area contributed by atoms with Crippen LogP contribution < -0.4 is 5.32 Å². The Balaban J connectivity index is 2.25. The number of hydrogen-bond donors (Lipinski definition) is 1. The van der Waals surface area contributed by atoms with Gasteiger partial charge in [0.05, 0.1) is 0 Å². The molecule has 1 amide bonds. The fourth-order valence-electron chi connectivity index (χ4n) is 1.43. The number of carbonyl (C=O) groups excluding carboxylic acids is 1. The largest absolute Gasteiger partial charge is 0.322 e. The highest BCUT2D eigenvalue weighted by Gasteiger charge is 2.10. The second-order valence-electron chi connectivity index (χ2n) is 3.61. The monoisotopic (exact) mass is 302 g/mol.